The maximum absolute atomic E-state index is 11.5. The summed E-state index contributed by atoms with van der Waals surface area (Å²) < 4.78 is 7.74. The average Bonchev–Trinajstić information content (AvgIpc) is 3.62. The van der Waals surface area contributed by atoms with Crippen LogP contribution in [0.3, 0.4) is 0 Å². The maximum atomic E-state index is 11.5. The van der Waals surface area contributed by atoms with Crippen LogP contribution in [0.4, 0.5) is 0 Å². The lowest BCUT2D eigenvalue weighted by Gasteiger charge is -2.16. The number of amides is 1. The van der Waals surface area contributed by atoms with E-state index in [9.17, 15) is 9.90 Å². The number of aliphatic hydroxyl groups is 1. The second-order valence-corrected chi connectivity index (χ2v) is 12.7. The Bertz CT molecular complexity index is 1930. The Kier molecular flexibility index (Phi) is 10.1. The largest absolute Gasteiger partial charge is 0.496 e. The fraction of sp³-hybridized carbons (Fsp3) is 0.306. The number of hydrogen-bond donors (Lipinski definition) is 4. The van der Waals surface area contributed by atoms with Gasteiger partial charge in [-0.25, -0.2) is 4.98 Å². The molecule has 1 aliphatic rings. The van der Waals surface area contributed by atoms with Gasteiger partial charge in [-0.2, -0.15) is 0 Å². The smallest absolute Gasteiger partial charge is 0.220 e. The Morgan fingerprint density at radius 3 is 2.60 bits per heavy atom. The number of carbonyl (C=O) groups excluding carboxylic acids is 1. The van der Waals surface area contributed by atoms with Crippen LogP contribution in [0.5, 0.6) is 5.75 Å². The van der Waals surface area contributed by atoms with Crippen LogP contribution < -0.4 is 20.7 Å². The molecule has 47 heavy (non-hydrogen) atoms. The molecule has 0 aliphatic carbocycles. The minimum atomic E-state index is -0.412. The lowest BCUT2D eigenvalue weighted by atomic mass is 9.99. The second-order valence-electron chi connectivity index (χ2n) is 12.0. The molecule has 5 aromatic rings. The van der Waals surface area contributed by atoms with Gasteiger partial charge in [0.05, 0.1) is 34.6 Å². The number of aromatic nitrogens is 3. The zero-order valence-corrected chi connectivity index (χ0v) is 28.1. The molecule has 244 valence electrons. The van der Waals surface area contributed by atoms with Crippen molar-refractivity contribution < 1.29 is 14.6 Å². The van der Waals surface area contributed by atoms with Gasteiger partial charge in [0.1, 0.15) is 11.4 Å². The Morgan fingerprint density at radius 2 is 1.83 bits per heavy atom. The van der Waals surface area contributed by atoms with E-state index in [0.29, 0.717) is 48.3 Å². The van der Waals surface area contributed by atoms with E-state index in [1.165, 1.54) is 0 Å². The van der Waals surface area contributed by atoms with Crippen LogP contribution in [0.25, 0.3) is 44.7 Å². The molecule has 6 rings (SSSR count). The van der Waals surface area contributed by atoms with Gasteiger partial charge in [-0.05, 0) is 43.2 Å². The van der Waals surface area contributed by atoms with Crippen molar-refractivity contribution in [1.82, 2.24) is 30.5 Å². The summed E-state index contributed by atoms with van der Waals surface area (Å²) in [5, 5.41) is 21.4. The highest BCUT2D eigenvalue weighted by Gasteiger charge is 2.21. The maximum Gasteiger partial charge on any atom is 0.220 e. The molecule has 1 saturated heterocycles. The first kappa shape index (κ1) is 32.9. The Morgan fingerprint density at radius 1 is 1.04 bits per heavy atom. The van der Waals surface area contributed by atoms with E-state index in [4.69, 9.17) is 32.9 Å². The van der Waals surface area contributed by atoms with Crippen molar-refractivity contribution in [3.63, 3.8) is 0 Å². The van der Waals surface area contributed by atoms with E-state index in [1.54, 1.807) is 20.2 Å². The number of hydrogen-bond acceptors (Lipinski definition) is 7. The number of benzene rings is 2. The first-order chi connectivity index (χ1) is 22.7. The summed E-state index contributed by atoms with van der Waals surface area (Å²) in [6.07, 6.45) is 4.81. The monoisotopic (exact) mass is 672 g/mol. The first-order valence-corrected chi connectivity index (χ1v) is 16.4. The third-order valence-corrected chi connectivity index (χ3v) is 9.26. The van der Waals surface area contributed by atoms with Gasteiger partial charge < -0.3 is 30.4 Å². The van der Waals surface area contributed by atoms with Crippen molar-refractivity contribution in [3.05, 3.63) is 88.2 Å². The molecule has 0 saturated carbocycles. The minimum Gasteiger partial charge on any atom is -0.496 e. The molecular weight excluding hydrogens is 635 g/mol. The van der Waals surface area contributed by atoms with Crippen LogP contribution in [-0.4, -0.2) is 57.9 Å². The summed E-state index contributed by atoms with van der Waals surface area (Å²) in [7, 11) is 3.62. The molecule has 11 heteroatoms. The van der Waals surface area contributed by atoms with E-state index in [1.807, 2.05) is 60.1 Å². The fourth-order valence-electron chi connectivity index (χ4n) is 6.08. The van der Waals surface area contributed by atoms with Gasteiger partial charge >= 0.3 is 0 Å². The number of aryl methyl sites for hydroxylation is 1. The second kappa shape index (κ2) is 14.4. The predicted octanol–water partition coefficient (Wildman–Crippen LogP) is 6.12. The zero-order valence-electron chi connectivity index (χ0n) is 26.6. The predicted molar refractivity (Wildman–Crippen MR) is 188 cm³/mol. The van der Waals surface area contributed by atoms with Crippen LogP contribution in [0.2, 0.25) is 10.0 Å². The molecule has 1 aliphatic heterocycles. The Balaban J connectivity index is 1.26. The Labute approximate surface area is 284 Å². The van der Waals surface area contributed by atoms with Gasteiger partial charge in [0.2, 0.25) is 5.91 Å². The van der Waals surface area contributed by atoms with Crippen molar-refractivity contribution in [2.24, 2.45) is 7.05 Å². The van der Waals surface area contributed by atoms with Gasteiger partial charge in [0.15, 0.2) is 0 Å². The van der Waals surface area contributed by atoms with E-state index >= 15 is 0 Å². The van der Waals surface area contributed by atoms with E-state index in [-0.39, 0.29) is 11.9 Å². The lowest BCUT2D eigenvalue weighted by Crippen LogP contribution is -2.35. The molecule has 2 aromatic carbocycles. The topological polar surface area (TPSA) is 113 Å². The molecule has 0 unspecified atom stereocenters. The molecule has 0 bridgehead atoms. The van der Waals surface area contributed by atoms with Gasteiger partial charge in [-0.1, -0.05) is 53.5 Å². The summed E-state index contributed by atoms with van der Waals surface area (Å²) in [4.78, 5) is 21.1. The summed E-state index contributed by atoms with van der Waals surface area (Å²) in [5.74, 6) is 0.828. The highest BCUT2D eigenvalue weighted by molar-refractivity contribution is 6.39. The van der Waals surface area contributed by atoms with Crippen molar-refractivity contribution in [2.45, 2.75) is 45.0 Å². The number of ether oxygens (including phenoxy) is 1. The lowest BCUT2D eigenvalue weighted by molar-refractivity contribution is -0.119. The van der Waals surface area contributed by atoms with Gasteiger partial charge in [-0.15, -0.1) is 0 Å². The van der Waals surface area contributed by atoms with Gasteiger partial charge in [-0.3, -0.25) is 9.78 Å². The number of halogens is 2. The fourth-order valence-corrected chi connectivity index (χ4v) is 6.73. The van der Waals surface area contributed by atoms with Gasteiger partial charge in [0.25, 0.3) is 0 Å². The summed E-state index contributed by atoms with van der Waals surface area (Å²) in [6.45, 7) is 4.21. The molecule has 3 aromatic heterocycles. The number of nitrogens with zero attached hydrogens (tertiary/aromatic N) is 3. The van der Waals surface area contributed by atoms with Crippen LogP contribution in [0, 0.1) is 0 Å². The highest BCUT2D eigenvalue weighted by Crippen LogP contribution is 2.42. The SMILES string of the molecule is COc1cc(-c2nccc(-c3cccc(-c4ccc5c(CNC[C@H](C)O)cn(C)c5n4)c3Cl)c2Cl)ccc1CNC[C@@H]1CCC(=O)N1. The molecule has 1 amide bonds. The Hall–Kier alpha value is -3.99. The highest BCUT2D eigenvalue weighted by atomic mass is 35.5. The van der Waals surface area contributed by atoms with Crippen LogP contribution in [0.15, 0.2) is 67.0 Å². The zero-order chi connectivity index (χ0) is 33.1. The van der Waals surface area contributed by atoms with Crippen molar-refractivity contribution in [3.8, 4) is 39.4 Å². The summed E-state index contributed by atoms with van der Waals surface area (Å²) in [5.41, 5.74) is 7.49. The molecule has 0 radical (unpaired) electrons. The number of aliphatic hydroxyl groups excluding tert-OH is 1. The molecule has 2 atom stereocenters. The van der Waals surface area contributed by atoms with Crippen LogP contribution in [0.1, 0.15) is 30.9 Å². The number of fused-ring (bicyclic) bond motifs is 1. The third-order valence-electron chi connectivity index (χ3n) is 8.47. The normalized spacial score (nSPS) is 15.3. The van der Waals surface area contributed by atoms with Crippen LogP contribution in [-0.2, 0) is 24.9 Å². The van der Waals surface area contributed by atoms with E-state index < -0.39 is 6.10 Å². The van der Waals surface area contributed by atoms with E-state index in [2.05, 4.69) is 33.2 Å². The molecule has 4 heterocycles. The summed E-state index contributed by atoms with van der Waals surface area (Å²) >= 11 is 14.2. The molecule has 9 nitrogen and oxygen atoms in total. The number of rotatable bonds is 12. The number of nitrogens with one attached hydrogen (secondary N) is 3. The van der Waals surface area contributed by atoms with Crippen LogP contribution >= 0.6 is 23.2 Å². The molecule has 4 N–H and O–H groups in total. The minimum absolute atomic E-state index is 0.108. The molecule has 0 spiro atoms. The quantitative estimate of drug-likeness (QED) is 0.126. The van der Waals surface area contributed by atoms with Gasteiger partial charge in [0, 0.05) is 91.3 Å². The van der Waals surface area contributed by atoms with E-state index in [0.717, 1.165) is 62.3 Å². The molecular formula is C36H38Cl2N6O3. The van der Waals surface area contributed by atoms with Crippen molar-refractivity contribution in [1.29, 1.82) is 0 Å². The molecule has 1 fully saturated rings. The third kappa shape index (κ3) is 7.15. The van der Waals surface area contributed by atoms with Crippen molar-refractivity contribution in [2.75, 3.05) is 20.2 Å². The number of methoxy groups -OCH3 is 1. The summed E-state index contributed by atoms with van der Waals surface area (Å²) in [6, 6.07) is 17.9. The standard InChI is InChI=1S/C36H38Cl2N6O3/c1-21(45)16-39-18-24-20-44(2)36-26(24)10-11-30(43-36)29-6-4-5-27(33(29)37)28-13-14-41-35(34(28)38)22-7-8-23(31(15-22)47-3)17-40-19-25-9-12-32(46)42-25/h4-8,10-11,13-15,20-21,25,39-40,45H,9,12,16-19H2,1-3H3,(H,42,46)/t21-,25-/m0/s1. The number of pyridine rings is 2. The first-order valence-electron chi connectivity index (χ1n) is 15.7. The number of carbonyl (C=O) groups is 1. The average molecular weight is 674 g/mol. The van der Waals surface area contributed by atoms with Crippen molar-refractivity contribution >= 4 is 40.1 Å².